The smallest absolute Gasteiger partial charge is 0.350 e. The third-order valence-electron chi connectivity index (χ3n) is 3.73. The van der Waals surface area contributed by atoms with E-state index in [0.717, 1.165) is 0 Å². The fourth-order valence-electron chi connectivity index (χ4n) is 2.69. The van der Waals surface area contributed by atoms with Crippen LogP contribution in [0.1, 0.15) is 0 Å². The fourth-order valence-corrected chi connectivity index (χ4v) is 2.69. The van der Waals surface area contributed by atoms with Crippen LogP contribution in [0, 0.1) is 0 Å². The van der Waals surface area contributed by atoms with Gasteiger partial charge in [-0.15, -0.1) is 0 Å². The highest BCUT2D eigenvalue weighted by Crippen LogP contribution is 2.36. The molecule has 0 aliphatic heterocycles. The topological polar surface area (TPSA) is 80.7 Å². The summed E-state index contributed by atoms with van der Waals surface area (Å²) in [6, 6.07) is 15.4. The molecule has 2 aromatic carbocycles. The zero-order valence-corrected chi connectivity index (χ0v) is 11.8. The van der Waals surface area contributed by atoms with E-state index in [4.69, 9.17) is 8.83 Å². The van der Waals surface area contributed by atoms with Gasteiger partial charge in [0.2, 0.25) is 0 Å². The summed E-state index contributed by atoms with van der Waals surface area (Å²) < 4.78 is 10.2. The lowest BCUT2D eigenvalue weighted by Crippen LogP contribution is -2.06. The molecule has 0 unspecified atom stereocenters. The molecule has 2 heterocycles. The van der Waals surface area contributed by atoms with Crippen molar-refractivity contribution in [2.45, 2.75) is 0 Å². The number of rotatable bonds is 1. The number of hydrogen-bond donors (Lipinski definition) is 1. The van der Waals surface area contributed by atoms with Crippen molar-refractivity contribution in [3.8, 4) is 16.9 Å². The molecular formula is C18H10O5. The summed E-state index contributed by atoms with van der Waals surface area (Å²) in [5, 5.41) is 11.6. The summed E-state index contributed by atoms with van der Waals surface area (Å²) in [5.41, 5.74) is -0.823. The molecule has 5 nitrogen and oxygen atoms in total. The average Bonchev–Trinajstić information content (AvgIpc) is 2.55. The van der Waals surface area contributed by atoms with Crippen LogP contribution in [0.3, 0.4) is 0 Å². The standard InChI is InChI=1S/C18H10O5/c19-15-13(10-6-2-1-3-7-10)17(21)23-18-14(15)11-8-4-5-9-12(11)16(20)22-18/h1-9,19H. The normalized spacial score (nSPS) is 11.1. The molecule has 0 bridgehead atoms. The third-order valence-corrected chi connectivity index (χ3v) is 3.73. The third kappa shape index (κ3) is 1.94. The van der Waals surface area contributed by atoms with Gasteiger partial charge in [-0.25, -0.2) is 9.59 Å². The Hall–Kier alpha value is -3.34. The van der Waals surface area contributed by atoms with E-state index in [1.54, 1.807) is 54.6 Å². The van der Waals surface area contributed by atoms with Crippen LogP contribution in [0.2, 0.25) is 0 Å². The number of aromatic hydroxyl groups is 1. The van der Waals surface area contributed by atoms with E-state index >= 15 is 0 Å². The molecule has 1 N–H and O–H groups in total. The van der Waals surface area contributed by atoms with Crippen LogP contribution in [0.15, 0.2) is 73.0 Å². The van der Waals surface area contributed by atoms with Crippen molar-refractivity contribution in [2.75, 3.05) is 0 Å². The van der Waals surface area contributed by atoms with Gasteiger partial charge >= 0.3 is 17.0 Å². The Morgan fingerprint density at radius 3 is 2.09 bits per heavy atom. The molecule has 0 spiro atoms. The molecule has 0 saturated heterocycles. The van der Waals surface area contributed by atoms with Gasteiger partial charge in [0.25, 0.3) is 0 Å². The predicted octanol–water partition coefficient (Wildman–Crippen LogP) is 3.27. The Bertz CT molecular complexity index is 1150. The van der Waals surface area contributed by atoms with E-state index in [2.05, 4.69) is 0 Å². The van der Waals surface area contributed by atoms with Crippen LogP contribution in [0.4, 0.5) is 0 Å². The first-order valence-electron chi connectivity index (χ1n) is 6.94. The van der Waals surface area contributed by atoms with Crippen LogP contribution in [-0.2, 0) is 0 Å². The maximum Gasteiger partial charge on any atom is 0.350 e. The highest BCUT2D eigenvalue weighted by atomic mass is 16.5. The van der Waals surface area contributed by atoms with Crippen molar-refractivity contribution in [3.63, 3.8) is 0 Å². The summed E-state index contributed by atoms with van der Waals surface area (Å²) in [5.74, 6) is -0.543. The zero-order chi connectivity index (χ0) is 16.0. The molecule has 0 amide bonds. The average molecular weight is 306 g/mol. The molecule has 0 saturated carbocycles. The van der Waals surface area contributed by atoms with E-state index in [1.807, 2.05) is 0 Å². The van der Waals surface area contributed by atoms with E-state index < -0.39 is 11.3 Å². The Morgan fingerprint density at radius 1 is 0.739 bits per heavy atom. The minimum Gasteiger partial charge on any atom is -0.506 e. The number of fused-ring (bicyclic) bond motifs is 3. The highest BCUT2D eigenvalue weighted by molar-refractivity contribution is 6.07. The van der Waals surface area contributed by atoms with Gasteiger partial charge in [-0.2, -0.15) is 0 Å². The highest BCUT2D eigenvalue weighted by Gasteiger charge is 2.20. The Kier molecular flexibility index (Phi) is 2.81. The lowest BCUT2D eigenvalue weighted by Gasteiger charge is -2.07. The lowest BCUT2D eigenvalue weighted by atomic mass is 10.0. The predicted molar refractivity (Wildman–Crippen MR) is 85.6 cm³/mol. The SMILES string of the molecule is O=c1oc2oc(=O)c3ccccc3c2c(O)c1-c1ccccc1. The molecular weight excluding hydrogens is 296 g/mol. The van der Waals surface area contributed by atoms with Crippen molar-refractivity contribution in [3.05, 3.63) is 75.4 Å². The lowest BCUT2D eigenvalue weighted by molar-refractivity contribution is 0.417. The Balaban J connectivity index is 2.24. The van der Waals surface area contributed by atoms with Crippen LogP contribution >= 0.6 is 0 Å². The first kappa shape index (κ1) is 13.3. The van der Waals surface area contributed by atoms with Crippen LogP contribution in [-0.4, -0.2) is 5.11 Å². The zero-order valence-electron chi connectivity index (χ0n) is 11.8. The second-order valence-electron chi connectivity index (χ2n) is 5.08. The molecule has 2 aromatic heterocycles. The molecule has 112 valence electrons. The molecule has 4 rings (SSSR count). The maximum atomic E-state index is 12.2. The van der Waals surface area contributed by atoms with E-state index in [0.29, 0.717) is 16.3 Å². The van der Waals surface area contributed by atoms with Gasteiger partial charge in [0.15, 0.2) is 0 Å². The van der Waals surface area contributed by atoms with Crippen LogP contribution in [0.5, 0.6) is 5.75 Å². The number of hydrogen-bond acceptors (Lipinski definition) is 5. The molecule has 5 heteroatoms. The van der Waals surface area contributed by atoms with E-state index in [-0.39, 0.29) is 22.5 Å². The van der Waals surface area contributed by atoms with E-state index in [9.17, 15) is 14.7 Å². The molecule has 23 heavy (non-hydrogen) atoms. The van der Waals surface area contributed by atoms with Crippen molar-refractivity contribution in [2.24, 2.45) is 0 Å². The van der Waals surface area contributed by atoms with Gasteiger partial charge in [-0.3, -0.25) is 0 Å². The first-order chi connectivity index (χ1) is 11.2. The second kappa shape index (κ2) is 4.84. The van der Waals surface area contributed by atoms with Crippen molar-refractivity contribution < 1.29 is 13.9 Å². The summed E-state index contributed by atoms with van der Waals surface area (Å²) in [7, 11) is 0. The quantitative estimate of drug-likeness (QED) is 0.546. The summed E-state index contributed by atoms with van der Waals surface area (Å²) in [6.07, 6.45) is 0. The summed E-state index contributed by atoms with van der Waals surface area (Å²) >= 11 is 0. The van der Waals surface area contributed by atoms with Gasteiger partial charge in [0, 0.05) is 5.39 Å². The number of benzene rings is 2. The van der Waals surface area contributed by atoms with Gasteiger partial charge in [0.1, 0.15) is 16.7 Å². The second-order valence-corrected chi connectivity index (χ2v) is 5.08. The van der Waals surface area contributed by atoms with Gasteiger partial charge in [0.05, 0.1) is 5.39 Å². The fraction of sp³-hybridized carbons (Fsp3) is 0. The minimum absolute atomic E-state index is 0.0390. The molecule has 0 atom stereocenters. The molecule has 4 aromatic rings. The maximum absolute atomic E-state index is 12.2. The molecule has 0 fully saturated rings. The van der Waals surface area contributed by atoms with E-state index in [1.165, 1.54) is 0 Å². The van der Waals surface area contributed by atoms with Crippen LogP contribution < -0.4 is 11.3 Å². The summed E-state index contributed by atoms with van der Waals surface area (Å²) in [6.45, 7) is 0. The van der Waals surface area contributed by atoms with Crippen LogP contribution in [0.25, 0.3) is 33.1 Å². The van der Waals surface area contributed by atoms with Gasteiger partial charge in [-0.05, 0) is 11.6 Å². The first-order valence-corrected chi connectivity index (χ1v) is 6.94. The van der Waals surface area contributed by atoms with Crippen molar-refractivity contribution >= 4 is 21.9 Å². The monoisotopic (exact) mass is 306 g/mol. The molecule has 0 aliphatic rings. The largest absolute Gasteiger partial charge is 0.506 e. The minimum atomic E-state index is -0.764. The molecule has 0 aliphatic carbocycles. The van der Waals surface area contributed by atoms with Crippen molar-refractivity contribution in [1.29, 1.82) is 0 Å². The van der Waals surface area contributed by atoms with Gasteiger partial charge < -0.3 is 13.9 Å². The molecule has 0 radical (unpaired) electrons. The van der Waals surface area contributed by atoms with Crippen molar-refractivity contribution in [1.82, 2.24) is 0 Å². The summed E-state index contributed by atoms with van der Waals surface area (Å²) in [4.78, 5) is 24.2. The Morgan fingerprint density at radius 2 is 1.35 bits per heavy atom. The Labute approximate surface area is 129 Å². The van der Waals surface area contributed by atoms with Gasteiger partial charge in [-0.1, -0.05) is 48.5 Å².